The van der Waals surface area contributed by atoms with E-state index in [0.29, 0.717) is 11.5 Å². The van der Waals surface area contributed by atoms with Crippen molar-refractivity contribution in [1.82, 2.24) is 20.0 Å². The van der Waals surface area contributed by atoms with Crippen LogP contribution in [0.4, 0.5) is 5.82 Å². The van der Waals surface area contributed by atoms with E-state index in [0.717, 1.165) is 0 Å². The average molecular weight is 261 g/mol. The first-order valence-corrected chi connectivity index (χ1v) is 5.94. The molecule has 0 saturated heterocycles. The Morgan fingerprint density at radius 3 is 2.79 bits per heavy atom. The molecule has 2 N–H and O–H groups in total. The summed E-state index contributed by atoms with van der Waals surface area (Å²) in [5.41, 5.74) is 0.379. The van der Waals surface area contributed by atoms with Crippen molar-refractivity contribution >= 4 is 11.7 Å². The number of hydrogen-bond donors (Lipinski definition) is 2. The number of rotatable bonds is 4. The van der Waals surface area contributed by atoms with E-state index in [1.807, 2.05) is 20.0 Å². The Bertz CT molecular complexity index is 609. The number of nitrogens with zero attached hydrogens (tertiary/aromatic N) is 3. The highest BCUT2D eigenvalue weighted by Gasteiger charge is 2.08. The van der Waals surface area contributed by atoms with Crippen LogP contribution in [0.2, 0.25) is 0 Å². The molecule has 0 aromatic carbocycles. The monoisotopic (exact) mass is 261 g/mol. The number of hydrogen-bond acceptors (Lipinski definition) is 4. The molecule has 0 aliphatic rings. The van der Waals surface area contributed by atoms with E-state index in [1.54, 1.807) is 10.7 Å². The smallest absolute Gasteiger partial charge is 0.264 e. The SMILES string of the molecule is CC(C)n1ccc(CC(=O)Nc2ccc(=O)[nH]n2)n1. The minimum Gasteiger partial charge on any atom is -0.309 e. The van der Waals surface area contributed by atoms with E-state index < -0.39 is 0 Å². The standard InChI is InChI=1S/C12H15N5O2/c1-8(2)17-6-5-9(16-17)7-12(19)13-10-3-4-11(18)15-14-10/h3-6,8H,7H2,1-2H3,(H,15,18)(H,13,14,19). The molecule has 0 radical (unpaired) electrons. The largest absolute Gasteiger partial charge is 0.309 e. The molecule has 2 aromatic heterocycles. The Kier molecular flexibility index (Phi) is 3.74. The van der Waals surface area contributed by atoms with Crippen molar-refractivity contribution < 1.29 is 4.79 Å². The van der Waals surface area contributed by atoms with E-state index in [9.17, 15) is 9.59 Å². The molecule has 0 aliphatic carbocycles. The first kappa shape index (κ1) is 13.0. The number of carbonyl (C=O) groups excluding carboxylic acids is 1. The number of nitrogens with one attached hydrogen (secondary N) is 2. The zero-order chi connectivity index (χ0) is 13.8. The third kappa shape index (κ3) is 3.51. The number of aromatic nitrogens is 4. The van der Waals surface area contributed by atoms with Gasteiger partial charge in [-0.05, 0) is 26.0 Å². The Balaban J connectivity index is 1.97. The van der Waals surface area contributed by atoms with Crippen LogP contribution in [-0.4, -0.2) is 25.9 Å². The number of anilines is 1. The summed E-state index contributed by atoms with van der Waals surface area (Å²) in [4.78, 5) is 22.6. The number of amides is 1. The van der Waals surface area contributed by atoms with Crippen LogP contribution in [-0.2, 0) is 11.2 Å². The van der Waals surface area contributed by atoms with Gasteiger partial charge in [0.25, 0.3) is 5.56 Å². The van der Waals surface area contributed by atoms with Crippen LogP contribution in [0.1, 0.15) is 25.6 Å². The van der Waals surface area contributed by atoms with Gasteiger partial charge in [0.15, 0.2) is 5.82 Å². The van der Waals surface area contributed by atoms with Gasteiger partial charge < -0.3 is 5.32 Å². The molecule has 7 nitrogen and oxygen atoms in total. The molecule has 0 aliphatic heterocycles. The summed E-state index contributed by atoms with van der Waals surface area (Å²) < 4.78 is 1.79. The lowest BCUT2D eigenvalue weighted by Gasteiger charge is -2.04. The summed E-state index contributed by atoms with van der Waals surface area (Å²) in [5, 5.41) is 12.8. The third-order valence-corrected chi connectivity index (χ3v) is 2.48. The van der Waals surface area contributed by atoms with Crippen LogP contribution >= 0.6 is 0 Å². The molecule has 1 amide bonds. The maximum absolute atomic E-state index is 11.8. The fraction of sp³-hybridized carbons (Fsp3) is 0.333. The average Bonchev–Trinajstić information content (AvgIpc) is 2.80. The molecule has 0 bridgehead atoms. The van der Waals surface area contributed by atoms with Gasteiger partial charge >= 0.3 is 0 Å². The van der Waals surface area contributed by atoms with Crippen LogP contribution in [0.25, 0.3) is 0 Å². The fourth-order valence-corrected chi connectivity index (χ4v) is 1.52. The summed E-state index contributed by atoms with van der Waals surface area (Å²) in [5.74, 6) is 0.0847. The zero-order valence-corrected chi connectivity index (χ0v) is 10.8. The van der Waals surface area contributed by atoms with E-state index in [2.05, 4.69) is 20.6 Å². The Labute approximate surface area is 109 Å². The Morgan fingerprint density at radius 2 is 2.21 bits per heavy atom. The normalized spacial score (nSPS) is 10.7. The van der Waals surface area contributed by atoms with Crippen molar-refractivity contribution in [1.29, 1.82) is 0 Å². The maximum atomic E-state index is 11.8. The Morgan fingerprint density at radius 1 is 1.42 bits per heavy atom. The van der Waals surface area contributed by atoms with Crippen LogP contribution in [0.15, 0.2) is 29.2 Å². The second-order valence-electron chi connectivity index (χ2n) is 4.41. The van der Waals surface area contributed by atoms with Gasteiger partial charge in [0.05, 0.1) is 12.1 Å². The lowest BCUT2D eigenvalue weighted by Crippen LogP contribution is -2.18. The van der Waals surface area contributed by atoms with Crippen molar-refractivity contribution in [2.45, 2.75) is 26.3 Å². The quantitative estimate of drug-likeness (QED) is 0.848. The zero-order valence-electron chi connectivity index (χ0n) is 10.8. The molecule has 0 spiro atoms. The molecule has 2 aromatic rings. The van der Waals surface area contributed by atoms with Crippen molar-refractivity contribution in [3.8, 4) is 0 Å². The van der Waals surface area contributed by atoms with Crippen LogP contribution in [0, 0.1) is 0 Å². The molecule has 0 saturated carbocycles. The summed E-state index contributed by atoms with van der Waals surface area (Å²) >= 11 is 0. The molecule has 0 atom stereocenters. The molecule has 2 heterocycles. The minimum atomic E-state index is -0.311. The molecule has 2 rings (SSSR count). The second-order valence-corrected chi connectivity index (χ2v) is 4.41. The van der Waals surface area contributed by atoms with Crippen LogP contribution in [0.5, 0.6) is 0 Å². The van der Waals surface area contributed by atoms with Crippen molar-refractivity contribution in [3.05, 3.63) is 40.4 Å². The lowest BCUT2D eigenvalue weighted by molar-refractivity contribution is -0.115. The lowest BCUT2D eigenvalue weighted by atomic mass is 10.3. The third-order valence-electron chi connectivity index (χ3n) is 2.48. The maximum Gasteiger partial charge on any atom is 0.264 e. The molecule has 100 valence electrons. The van der Waals surface area contributed by atoms with Gasteiger partial charge in [0, 0.05) is 18.3 Å². The number of aromatic amines is 1. The first-order chi connectivity index (χ1) is 9.04. The summed E-state index contributed by atoms with van der Waals surface area (Å²) in [6.45, 7) is 4.03. The van der Waals surface area contributed by atoms with Crippen molar-refractivity contribution in [2.75, 3.05) is 5.32 Å². The van der Waals surface area contributed by atoms with Gasteiger partial charge in [-0.25, -0.2) is 5.10 Å². The van der Waals surface area contributed by atoms with Crippen molar-refractivity contribution in [3.63, 3.8) is 0 Å². The predicted molar refractivity (Wildman–Crippen MR) is 69.8 cm³/mol. The molecule has 0 fully saturated rings. The van der Waals surface area contributed by atoms with Crippen molar-refractivity contribution in [2.24, 2.45) is 0 Å². The van der Waals surface area contributed by atoms with Gasteiger partial charge in [0.1, 0.15) is 0 Å². The summed E-state index contributed by atoms with van der Waals surface area (Å²) in [6, 6.07) is 4.82. The summed E-state index contributed by atoms with van der Waals surface area (Å²) in [7, 11) is 0. The molecular formula is C12H15N5O2. The Hall–Kier alpha value is -2.44. The van der Waals surface area contributed by atoms with Gasteiger partial charge in [-0.2, -0.15) is 10.2 Å². The van der Waals surface area contributed by atoms with Gasteiger partial charge in [-0.15, -0.1) is 0 Å². The second kappa shape index (κ2) is 5.47. The number of H-pyrrole nitrogens is 1. The topological polar surface area (TPSA) is 92.7 Å². The molecule has 0 unspecified atom stereocenters. The molecule has 19 heavy (non-hydrogen) atoms. The van der Waals surface area contributed by atoms with Gasteiger partial charge in [-0.3, -0.25) is 14.3 Å². The van der Waals surface area contributed by atoms with E-state index in [4.69, 9.17) is 0 Å². The van der Waals surface area contributed by atoms with E-state index >= 15 is 0 Å². The fourth-order valence-electron chi connectivity index (χ4n) is 1.52. The molecular weight excluding hydrogens is 246 g/mol. The molecule has 7 heteroatoms. The summed E-state index contributed by atoms with van der Waals surface area (Å²) in [6.07, 6.45) is 2.01. The highest BCUT2D eigenvalue weighted by Crippen LogP contribution is 2.05. The van der Waals surface area contributed by atoms with Crippen LogP contribution in [0.3, 0.4) is 0 Å². The minimum absolute atomic E-state index is 0.167. The highest BCUT2D eigenvalue weighted by molar-refractivity contribution is 5.90. The van der Waals surface area contributed by atoms with Gasteiger partial charge in [0.2, 0.25) is 5.91 Å². The van der Waals surface area contributed by atoms with E-state index in [-0.39, 0.29) is 23.9 Å². The van der Waals surface area contributed by atoms with Crippen LogP contribution < -0.4 is 10.9 Å². The highest BCUT2D eigenvalue weighted by atomic mass is 16.2. The first-order valence-electron chi connectivity index (χ1n) is 5.94. The predicted octanol–water partition coefficient (Wildman–Crippen LogP) is 0.728. The van der Waals surface area contributed by atoms with E-state index in [1.165, 1.54) is 12.1 Å². The van der Waals surface area contributed by atoms with Gasteiger partial charge in [-0.1, -0.05) is 0 Å². The number of carbonyl (C=O) groups is 1.